The van der Waals surface area contributed by atoms with Gasteiger partial charge in [0.25, 0.3) is 0 Å². The minimum atomic E-state index is 0.262. The van der Waals surface area contributed by atoms with Crippen LogP contribution in [-0.2, 0) is 23.7 Å². The summed E-state index contributed by atoms with van der Waals surface area (Å²) in [7, 11) is 0. The predicted molar refractivity (Wildman–Crippen MR) is 255 cm³/mol. The number of aliphatic imine (C=N–C) groups is 1. The molecule has 0 saturated heterocycles. The molecule has 318 valence electrons. The molecule has 0 atom stereocenters. The monoisotopic (exact) mass is 871 g/mol. The van der Waals surface area contributed by atoms with Crippen LogP contribution in [0.25, 0.3) is 89.7 Å². The van der Waals surface area contributed by atoms with E-state index in [9.17, 15) is 0 Å². The van der Waals surface area contributed by atoms with E-state index in [1.165, 1.54) is 0 Å². The molecule has 8 aromatic rings. The van der Waals surface area contributed by atoms with Crippen LogP contribution in [-0.4, -0.2) is 41.6 Å². The van der Waals surface area contributed by atoms with E-state index in [1.807, 2.05) is 191 Å². The summed E-state index contributed by atoms with van der Waals surface area (Å²) >= 11 is 0.750. The third-order valence-electron chi connectivity index (χ3n) is 9.02. The van der Waals surface area contributed by atoms with Crippen molar-refractivity contribution >= 4 is 55.8 Å². The van der Waals surface area contributed by atoms with Gasteiger partial charge in [0.2, 0.25) is 0 Å². The Bertz CT molecular complexity index is 2690. The molecule has 3 aromatic heterocycles. The Balaban J connectivity index is 0.000000319. The van der Waals surface area contributed by atoms with Gasteiger partial charge < -0.3 is 35.6 Å². The summed E-state index contributed by atoms with van der Waals surface area (Å²) in [5.41, 5.74) is 13.0. The van der Waals surface area contributed by atoms with Gasteiger partial charge in [0.15, 0.2) is 5.84 Å². The number of benzene rings is 5. The average Bonchev–Trinajstić information content (AvgIpc) is 4.17. The van der Waals surface area contributed by atoms with Crippen LogP contribution in [0.15, 0.2) is 126 Å². The summed E-state index contributed by atoms with van der Waals surface area (Å²) in [6.45, 7) is 20.0. The molecule has 0 radical (unpaired) electrons. The van der Waals surface area contributed by atoms with E-state index in [2.05, 4.69) is 4.99 Å². The number of aromatic nitrogens is 8. The second-order valence-corrected chi connectivity index (χ2v) is 12.1. The smallest absolute Gasteiger partial charge is 0.0927 e. The summed E-state index contributed by atoms with van der Waals surface area (Å²) in [5, 5.41) is 11.0. The number of hydrogen-bond donors (Lipinski definition) is 2. The molecule has 3 aliphatic rings. The molecule has 0 amide bonds. The van der Waals surface area contributed by atoms with Gasteiger partial charge in [-0.3, -0.25) is 5.41 Å². The summed E-state index contributed by atoms with van der Waals surface area (Å²) in [6.07, 6.45) is 0. The van der Waals surface area contributed by atoms with E-state index in [4.69, 9.17) is 54.3 Å². The van der Waals surface area contributed by atoms with Crippen molar-refractivity contribution in [1.82, 2.24) is 39.9 Å². The molecule has 0 spiro atoms. The number of fused-ring (bicyclic) bond motifs is 21. The number of rotatable bonds is 0. The molecule has 6 heterocycles. The van der Waals surface area contributed by atoms with Crippen LogP contribution in [0.5, 0.6) is 0 Å². The number of hydrogen-bond acceptors (Lipinski definition) is 9. The third-order valence-corrected chi connectivity index (χ3v) is 9.02. The van der Waals surface area contributed by atoms with E-state index in [0.29, 0.717) is 51.7 Å². The minimum Gasteiger partial charge on any atom is -0.357 e. The Morgan fingerprint density at radius 1 is 0.381 bits per heavy atom. The van der Waals surface area contributed by atoms with E-state index < -0.39 is 0 Å². The number of nitrogens with zero attached hydrogens (tertiary/aromatic N) is 9. The number of nitrogens with two attached hydrogens (primary N) is 1. The Kier molecular flexibility index (Phi) is 18.5. The Morgan fingerprint density at radius 3 is 0.889 bits per heavy atom. The number of amidine groups is 2. The van der Waals surface area contributed by atoms with Crippen molar-refractivity contribution in [3.63, 3.8) is 0 Å². The molecule has 0 unspecified atom stereocenters. The van der Waals surface area contributed by atoms with Crippen molar-refractivity contribution in [3.8, 4) is 45.6 Å². The van der Waals surface area contributed by atoms with Crippen molar-refractivity contribution in [2.75, 3.05) is 0 Å². The van der Waals surface area contributed by atoms with E-state index in [0.717, 1.165) is 75.3 Å². The van der Waals surface area contributed by atoms with E-state index in [-0.39, 0.29) is 5.84 Å². The number of nitrogens with one attached hydrogen (secondary N) is 1. The molecule has 3 N–H and O–H groups in total. The Hall–Kier alpha value is -6.89. The van der Waals surface area contributed by atoms with Crippen LogP contribution in [0, 0.1) is 5.41 Å². The second kappa shape index (κ2) is 23.9. The summed E-state index contributed by atoms with van der Waals surface area (Å²) in [5.74, 6) is 2.92. The van der Waals surface area contributed by atoms with E-state index >= 15 is 0 Å². The van der Waals surface area contributed by atoms with Gasteiger partial charge in [-0.2, -0.15) is 0 Å². The van der Waals surface area contributed by atoms with Crippen LogP contribution < -0.4 is 15.7 Å². The van der Waals surface area contributed by atoms with Gasteiger partial charge in [0.05, 0.1) is 23.3 Å². The fraction of sp³-hybridized carbons (Fsp3) is 0.200. The first-order valence-electron chi connectivity index (χ1n) is 21.4. The third kappa shape index (κ3) is 10.1. The molecule has 0 fully saturated rings. The average molecular weight is 872 g/mol. The molecule has 8 bridgehead atoms. The van der Waals surface area contributed by atoms with Gasteiger partial charge in [0.1, 0.15) is 5.84 Å². The first-order valence-corrected chi connectivity index (χ1v) is 22.0. The normalized spacial score (nSPS) is 10.7. The molecule has 0 aliphatic carbocycles. The Labute approximate surface area is 380 Å². The van der Waals surface area contributed by atoms with Crippen LogP contribution in [0.1, 0.15) is 80.4 Å². The molecule has 11 rings (SSSR count). The van der Waals surface area contributed by atoms with Gasteiger partial charge in [0, 0.05) is 56.0 Å². The predicted octanol–water partition coefficient (Wildman–Crippen LogP) is 11.9. The topological polar surface area (TPSA) is 185 Å². The summed E-state index contributed by atoms with van der Waals surface area (Å²) in [6, 6.07) is 39.3. The van der Waals surface area contributed by atoms with Gasteiger partial charge in [-0.25, -0.2) is 15.0 Å². The van der Waals surface area contributed by atoms with Crippen molar-refractivity contribution in [1.29, 1.82) is 5.41 Å². The largest absolute Gasteiger partial charge is 0.357 e. The van der Waals surface area contributed by atoms with Gasteiger partial charge >= 0.3 is 23.7 Å². The maximum atomic E-state index is 8.25. The minimum absolute atomic E-state index is 0.262. The SMILES string of the molecule is CC.CC.CC.CC.CC.N=C1N=C(N)c2ccccc21.[O]=[Ti+2].c1ccc2c(c1)-c1nc-2nc2[n-]c(nc3nc(nc4[n-]c(n1)c1ccccc41)-c1ccccc1-3)c1ccccc21. The molecule has 3 aliphatic heterocycles. The van der Waals surface area contributed by atoms with E-state index in [1.54, 1.807) is 0 Å². The maximum Gasteiger partial charge on any atom is 0.0927 e. The second-order valence-electron chi connectivity index (χ2n) is 12.1. The van der Waals surface area contributed by atoms with Crippen LogP contribution in [0.3, 0.4) is 0 Å². The molecular weight excluding hydrogens is 818 g/mol. The van der Waals surface area contributed by atoms with Crippen LogP contribution in [0.4, 0.5) is 0 Å². The maximum absolute atomic E-state index is 8.25. The molecule has 5 aromatic carbocycles. The molecule has 63 heavy (non-hydrogen) atoms. The van der Waals surface area contributed by atoms with Crippen molar-refractivity contribution in [2.24, 2.45) is 10.7 Å². The van der Waals surface area contributed by atoms with Crippen molar-refractivity contribution in [3.05, 3.63) is 132 Å². The van der Waals surface area contributed by atoms with Crippen molar-refractivity contribution in [2.45, 2.75) is 69.2 Å². The zero-order valence-electron chi connectivity index (χ0n) is 37.6. The molecule has 12 nitrogen and oxygen atoms in total. The van der Waals surface area contributed by atoms with Crippen LogP contribution in [0.2, 0.25) is 0 Å². The quantitative estimate of drug-likeness (QED) is 0.139. The first kappa shape index (κ1) is 48.8. The van der Waals surface area contributed by atoms with Gasteiger partial charge in [-0.15, -0.1) is 0 Å². The fourth-order valence-corrected chi connectivity index (χ4v) is 6.61. The molecular formula is C50H53N11OTi. The summed E-state index contributed by atoms with van der Waals surface area (Å²) in [4.78, 5) is 43.1. The zero-order chi connectivity index (χ0) is 46.1. The van der Waals surface area contributed by atoms with Gasteiger partial charge in [-0.1, -0.05) is 191 Å². The molecule has 13 heteroatoms. The van der Waals surface area contributed by atoms with Gasteiger partial charge in [-0.05, 0) is 21.5 Å². The van der Waals surface area contributed by atoms with Crippen LogP contribution >= 0.6 is 0 Å². The summed E-state index contributed by atoms with van der Waals surface area (Å²) < 4.78 is 8.25. The first-order chi connectivity index (χ1) is 31.1. The Morgan fingerprint density at radius 2 is 0.619 bits per heavy atom. The van der Waals surface area contributed by atoms with Crippen molar-refractivity contribution < 1.29 is 23.7 Å². The zero-order valence-corrected chi connectivity index (χ0v) is 39.1. The standard InChI is InChI=1S/C32H16N8.C8H7N3.5C2H6.O.Ti/c1-2-10-18-17(9-1)25-33-26(18)38-28-21-13-5-6-14-22(21)30(35-28)40-32-24-16-8-7-15-23(24)31(36-32)39-29-20-12-4-3-11-19(20)27(34-29)37-25;9-7-5-3-1-2-4-6(5)8(10)11-7;5*1-2;;/h1-16H;1-4H,(H3,9,10,11);5*1-2H3;;/q-2;;;;;;;;+2. The fourth-order valence-electron chi connectivity index (χ4n) is 6.61. The molecule has 0 saturated carbocycles.